The maximum atomic E-state index is 12.4. The highest BCUT2D eigenvalue weighted by atomic mass is 35.5. The first-order chi connectivity index (χ1) is 7.85. The molecule has 17 heavy (non-hydrogen) atoms. The number of nitrogens with two attached hydrogens (primary N) is 1. The van der Waals surface area contributed by atoms with Gasteiger partial charge in [0.15, 0.2) is 0 Å². The summed E-state index contributed by atoms with van der Waals surface area (Å²) in [4.78, 5) is 8.58. The van der Waals surface area contributed by atoms with Gasteiger partial charge in [-0.1, -0.05) is 11.6 Å². The van der Waals surface area contributed by atoms with E-state index in [9.17, 15) is 13.2 Å². The molecule has 0 saturated heterocycles. The van der Waals surface area contributed by atoms with Gasteiger partial charge >= 0.3 is 6.18 Å². The first-order valence-corrected chi connectivity index (χ1v) is 5.36. The van der Waals surface area contributed by atoms with Crippen LogP contribution in [0.3, 0.4) is 0 Å². The van der Waals surface area contributed by atoms with Crippen LogP contribution in [-0.4, -0.2) is 28.7 Å². The van der Waals surface area contributed by atoms with Crippen LogP contribution in [0.25, 0.3) is 0 Å². The second-order valence-electron chi connectivity index (χ2n) is 3.88. The molecule has 0 bridgehead atoms. The highest BCUT2D eigenvalue weighted by Crippen LogP contribution is 2.34. The predicted octanol–water partition coefficient (Wildman–Crippen LogP) is 2.24. The fourth-order valence-corrected chi connectivity index (χ4v) is 1.73. The number of anilines is 2. The molecule has 0 atom stereocenters. The second kappa shape index (κ2) is 4.21. The first kappa shape index (κ1) is 12.2. The molecule has 2 N–H and O–H groups in total. The highest BCUT2D eigenvalue weighted by Gasteiger charge is 2.39. The standard InChI is InChI=1S/C9H10ClF3N4/c10-6-3-7(16-8(14)15-6)17(5-1-2-5)4-9(11,12)13/h3,5H,1-2,4H2,(H2,14,15,16). The monoisotopic (exact) mass is 266 g/mol. The number of aromatic nitrogens is 2. The molecule has 94 valence electrons. The van der Waals surface area contributed by atoms with Crippen LogP contribution in [0, 0.1) is 0 Å². The van der Waals surface area contributed by atoms with Crippen molar-refractivity contribution in [1.29, 1.82) is 0 Å². The van der Waals surface area contributed by atoms with Gasteiger partial charge in [-0.2, -0.15) is 18.2 Å². The van der Waals surface area contributed by atoms with E-state index in [-0.39, 0.29) is 23.0 Å². The van der Waals surface area contributed by atoms with E-state index in [1.165, 1.54) is 11.0 Å². The summed E-state index contributed by atoms with van der Waals surface area (Å²) in [5, 5.41) is 0.0420. The Morgan fingerprint density at radius 1 is 1.41 bits per heavy atom. The Morgan fingerprint density at radius 2 is 2.06 bits per heavy atom. The molecule has 2 rings (SSSR count). The van der Waals surface area contributed by atoms with Crippen molar-refractivity contribution in [2.45, 2.75) is 25.1 Å². The largest absolute Gasteiger partial charge is 0.405 e. The number of alkyl halides is 3. The lowest BCUT2D eigenvalue weighted by molar-refractivity contribution is -0.120. The van der Waals surface area contributed by atoms with Gasteiger partial charge < -0.3 is 10.6 Å². The van der Waals surface area contributed by atoms with Gasteiger partial charge in [0, 0.05) is 12.1 Å². The zero-order valence-electron chi connectivity index (χ0n) is 8.71. The number of halogens is 4. The summed E-state index contributed by atoms with van der Waals surface area (Å²) < 4.78 is 37.3. The fourth-order valence-electron chi connectivity index (χ4n) is 1.55. The van der Waals surface area contributed by atoms with Crippen LogP contribution in [0.4, 0.5) is 24.9 Å². The topological polar surface area (TPSA) is 55.0 Å². The van der Waals surface area contributed by atoms with Crippen LogP contribution < -0.4 is 10.6 Å². The van der Waals surface area contributed by atoms with Crippen molar-refractivity contribution in [3.63, 3.8) is 0 Å². The molecule has 0 unspecified atom stereocenters. The van der Waals surface area contributed by atoms with Crippen molar-refractivity contribution < 1.29 is 13.2 Å². The van der Waals surface area contributed by atoms with Gasteiger partial charge in [0.1, 0.15) is 17.5 Å². The molecule has 1 saturated carbocycles. The van der Waals surface area contributed by atoms with E-state index in [0.717, 1.165) is 12.8 Å². The molecule has 0 aromatic carbocycles. The van der Waals surface area contributed by atoms with Gasteiger partial charge in [0.2, 0.25) is 5.95 Å². The third kappa shape index (κ3) is 3.36. The van der Waals surface area contributed by atoms with Gasteiger partial charge in [0.25, 0.3) is 0 Å². The molecule has 8 heteroatoms. The molecule has 1 aromatic heterocycles. The van der Waals surface area contributed by atoms with Crippen molar-refractivity contribution in [3.05, 3.63) is 11.2 Å². The zero-order valence-corrected chi connectivity index (χ0v) is 9.46. The minimum Gasteiger partial charge on any atom is -0.368 e. The van der Waals surface area contributed by atoms with E-state index in [4.69, 9.17) is 17.3 Å². The average molecular weight is 267 g/mol. The normalized spacial score (nSPS) is 16.0. The summed E-state index contributed by atoms with van der Waals surface area (Å²) in [5.74, 6) is 0.00245. The van der Waals surface area contributed by atoms with E-state index in [0.29, 0.717) is 0 Å². The molecule has 1 heterocycles. The Hall–Kier alpha value is -1.24. The van der Waals surface area contributed by atoms with Crippen LogP contribution in [0.15, 0.2) is 6.07 Å². The molecule has 1 aliphatic carbocycles. The van der Waals surface area contributed by atoms with E-state index in [1.54, 1.807) is 0 Å². The minimum absolute atomic E-state index is 0.0420. The van der Waals surface area contributed by atoms with E-state index < -0.39 is 12.7 Å². The zero-order chi connectivity index (χ0) is 12.6. The number of nitrogens with zero attached hydrogens (tertiary/aromatic N) is 3. The quantitative estimate of drug-likeness (QED) is 0.853. The highest BCUT2D eigenvalue weighted by molar-refractivity contribution is 6.29. The third-order valence-electron chi connectivity index (χ3n) is 2.33. The first-order valence-electron chi connectivity index (χ1n) is 4.98. The molecular weight excluding hydrogens is 257 g/mol. The van der Waals surface area contributed by atoms with Crippen LogP contribution in [0.1, 0.15) is 12.8 Å². The van der Waals surface area contributed by atoms with Crippen molar-refractivity contribution in [3.8, 4) is 0 Å². The third-order valence-corrected chi connectivity index (χ3v) is 2.52. The number of hydrogen-bond donors (Lipinski definition) is 1. The number of rotatable bonds is 3. The van der Waals surface area contributed by atoms with Crippen molar-refractivity contribution in [1.82, 2.24) is 9.97 Å². The van der Waals surface area contributed by atoms with Crippen LogP contribution in [0.2, 0.25) is 5.15 Å². The second-order valence-corrected chi connectivity index (χ2v) is 4.27. The molecule has 0 radical (unpaired) electrons. The summed E-state index contributed by atoms with van der Waals surface area (Å²) in [5.41, 5.74) is 5.37. The SMILES string of the molecule is Nc1nc(Cl)cc(N(CC(F)(F)F)C2CC2)n1. The summed E-state index contributed by atoms with van der Waals surface area (Å²) in [6.07, 6.45) is -2.84. The van der Waals surface area contributed by atoms with Gasteiger partial charge in [-0.05, 0) is 12.8 Å². The summed E-state index contributed by atoms with van der Waals surface area (Å²) in [6, 6.07) is 1.16. The summed E-state index contributed by atoms with van der Waals surface area (Å²) in [7, 11) is 0. The van der Waals surface area contributed by atoms with Crippen molar-refractivity contribution >= 4 is 23.4 Å². The lowest BCUT2D eigenvalue weighted by Crippen LogP contribution is -2.36. The van der Waals surface area contributed by atoms with E-state index in [2.05, 4.69) is 9.97 Å². The van der Waals surface area contributed by atoms with Gasteiger partial charge in [0.05, 0.1) is 0 Å². The molecule has 0 aliphatic heterocycles. The van der Waals surface area contributed by atoms with E-state index >= 15 is 0 Å². The lowest BCUT2D eigenvalue weighted by Gasteiger charge is -2.24. The Bertz CT molecular complexity index is 399. The van der Waals surface area contributed by atoms with Crippen molar-refractivity contribution in [2.75, 3.05) is 17.2 Å². The number of hydrogen-bond acceptors (Lipinski definition) is 4. The molecule has 1 fully saturated rings. The van der Waals surface area contributed by atoms with Crippen LogP contribution in [-0.2, 0) is 0 Å². The van der Waals surface area contributed by atoms with Gasteiger partial charge in [-0.3, -0.25) is 0 Å². The van der Waals surface area contributed by atoms with Crippen LogP contribution in [0.5, 0.6) is 0 Å². The maximum absolute atomic E-state index is 12.4. The van der Waals surface area contributed by atoms with Crippen molar-refractivity contribution in [2.24, 2.45) is 0 Å². The van der Waals surface area contributed by atoms with E-state index in [1.807, 2.05) is 0 Å². The Kier molecular flexibility index (Phi) is 3.03. The molecule has 0 amide bonds. The molecular formula is C9H10ClF3N4. The maximum Gasteiger partial charge on any atom is 0.405 e. The Morgan fingerprint density at radius 3 is 2.53 bits per heavy atom. The average Bonchev–Trinajstić information content (AvgIpc) is 2.94. The predicted molar refractivity (Wildman–Crippen MR) is 57.9 cm³/mol. The summed E-state index contributed by atoms with van der Waals surface area (Å²) >= 11 is 5.65. The van der Waals surface area contributed by atoms with Crippen LogP contribution >= 0.6 is 11.6 Å². The molecule has 0 spiro atoms. The van der Waals surface area contributed by atoms with Gasteiger partial charge in [-0.25, -0.2) is 4.98 Å². The molecule has 1 aliphatic rings. The smallest absolute Gasteiger partial charge is 0.368 e. The summed E-state index contributed by atoms with van der Waals surface area (Å²) in [6.45, 7) is -1.05. The lowest BCUT2D eigenvalue weighted by atomic mass is 10.4. The Balaban J connectivity index is 2.26. The molecule has 4 nitrogen and oxygen atoms in total. The van der Waals surface area contributed by atoms with Gasteiger partial charge in [-0.15, -0.1) is 0 Å². The Labute approximate surface area is 101 Å². The number of nitrogen functional groups attached to an aromatic ring is 1. The fraction of sp³-hybridized carbons (Fsp3) is 0.556. The molecule has 1 aromatic rings. The minimum atomic E-state index is -4.28.